The van der Waals surface area contributed by atoms with Crippen LogP contribution in [-0.2, 0) is 29.7 Å². The van der Waals surface area contributed by atoms with Crippen LogP contribution in [0.25, 0.3) is 0 Å². The van der Waals surface area contributed by atoms with Gasteiger partial charge in [-0.2, -0.15) is 0 Å². The van der Waals surface area contributed by atoms with Gasteiger partial charge in [-0.25, -0.2) is 15.0 Å². The summed E-state index contributed by atoms with van der Waals surface area (Å²) in [6.07, 6.45) is 8.64. The first kappa shape index (κ1) is 18.1. The van der Waals surface area contributed by atoms with Crippen molar-refractivity contribution in [1.29, 1.82) is 0 Å². The fraction of sp³-hybridized carbons (Fsp3) is 0.579. The molecule has 0 spiro atoms. The lowest BCUT2D eigenvalue weighted by Crippen LogP contribution is -2.42. The van der Waals surface area contributed by atoms with Gasteiger partial charge in [0.1, 0.15) is 5.82 Å². The highest BCUT2D eigenvalue weighted by Gasteiger charge is 2.41. The highest BCUT2D eigenvalue weighted by atomic mass is 16.5. The Morgan fingerprint density at radius 2 is 2.22 bits per heavy atom. The predicted molar refractivity (Wildman–Crippen MR) is 98.3 cm³/mol. The molecule has 1 amide bonds. The molecule has 2 fully saturated rings. The first-order valence-electron chi connectivity index (χ1n) is 9.51. The summed E-state index contributed by atoms with van der Waals surface area (Å²) in [5.74, 6) is 1.60. The molecule has 144 valence electrons. The number of imidazole rings is 1. The number of amides is 1. The monoisotopic (exact) mass is 370 g/mol. The van der Waals surface area contributed by atoms with Crippen molar-refractivity contribution in [2.75, 3.05) is 19.7 Å². The molecule has 0 aliphatic carbocycles. The van der Waals surface area contributed by atoms with E-state index in [-0.39, 0.29) is 12.0 Å². The van der Waals surface area contributed by atoms with Crippen LogP contribution in [0.4, 0.5) is 0 Å². The van der Waals surface area contributed by atoms with E-state index in [1.807, 2.05) is 19.6 Å². The third kappa shape index (κ3) is 4.33. The van der Waals surface area contributed by atoms with Gasteiger partial charge in [-0.15, -0.1) is 0 Å². The van der Waals surface area contributed by atoms with Gasteiger partial charge in [-0.1, -0.05) is 0 Å². The number of carbonyl (C=O) groups is 1. The van der Waals surface area contributed by atoms with E-state index in [1.165, 1.54) is 5.69 Å². The minimum atomic E-state index is 0.00502. The molecule has 1 N–H and O–H groups in total. The van der Waals surface area contributed by atoms with Crippen molar-refractivity contribution < 1.29 is 9.53 Å². The number of carbonyl (C=O) groups excluding carboxylic acids is 1. The van der Waals surface area contributed by atoms with Crippen LogP contribution >= 0.6 is 0 Å². The minimum Gasteiger partial charge on any atom is -0.377 e. The molecule has 4 heterocycles. The van der Waals surface area contributed by atoms with Gasteiger partial charge >= 0.3 is 0 Å². The highest BCUT2D eigenvalue weighted by molar-refractivity contribution is 5.76. The predicted octanol–water partition coefficient (Wildman–Crippen LogP) is 0.754. The van der Waals surface area contributed by atoms with Gasteiger partial charge in [0, 0.05) is 44.6 Å². The van der Waals surface area contributed by atoms with Crippen LogP contribution in [0, 0.1) is 11.8 Å². The van der Waals surface area contributed by atoms with E-state index < -0.39 is 0 Å². The second-order valence-corrected chi connectivity index (χ2v) is 7.46. The topological polar surface area (TPSA) is 85.2 Å². The van der Waals surface area contributed by atoms with E-state index in [0.29, 0.717) is 30.6 Å². The van der Waals surface area contributed by atoms with Gasteiger partial charge in [0.15, 0.2) is 0 Å². The van der Waals surface area contributed by atoms with Gasteiger partial charge < -0.3 is 14.6 Å². The van der Waals surface area contributed by atoms with Crippen molar-refractivity contribution in [2.45, 2.75) is 32.0 Å². The van der Waals surface area contributed by atoms with Gasteiger partial charge in [-0.05, 0) is 24.9 Å². The minimum absolute atomic E-state index is 0.00502. The summed E-state index contributed by atoms with van der Waals surface area (Å²) in [6.45, 7) is 4.07. The number of likely N-dealkylation sites (tertiary alicyclic amines) is 1. The van der Waals surface area contributed by atoms with Crippen molar-refractivity contribution in [3.63, 3.8) is 0 Å². The van der Waals surface area contributed by atoms with E-state index in [0.717, 1.165) is 32.7 Å². The molecule has 2 aliphatic rings. The molecule has 0 bridgehead atoms. The molecular formula is C19H26N6O2. The Kier molecular flexibility index (Phi) is 5.45. The third-order valence-electron chi connectivity index (χ3n) is 5.63. The quantitative estimate of drug-likeness (QED) is 0.808. The molecule has 2 aromatic rings. The average molecular weight is 370 g/mol. The van der Waals surface area contributed by atoms with Gasteiger partial charge in [0.2, 0.25) is 5.91 Å². The summed E-state index contributed by atoms with van der Waals surface area (Å²) in [4.78, 5) is 27.2. The smallest absolute Gasteiger partial charge is 0.222 e. The number of hydrogen-bond donors (Lipinski definition) is 1. The summed E-state index contributed by atoms with van der Waals surface area (Å²) in [5, 5.41) is 2.90. The van der Waals surface area contributed by atoms with Gasteiger partial charge in [-0.3, -0.25) is 9.69 Å². The number of aryl methyl sites for hydroxylation is 1. The Labute approximate surface area is 159 Å². The molecule has 2 aliphatic heterocycles. The van der Waals surface area contributed by atoms with E-state index in [9.17, 15) is 4.79 Å². The summed E-state index contributed by atoms with van der Waals surface area (Å²) < 4.78 is 8.06. The molecule has 8 nitrogen and oxygen atoms in total. The number of aromatic nitrogens is 4. The van der Waals surface area contributed by atoms with Crippen LogP contribution in [-0.4, -0.2) is 56.1 Å². The maximum Gasteiger partial charge on any atom is 0.222 e. The maximum atomic E-state index is 12.3. The van der Waals surface area contributed by atoms with E-state index in [1.54, 1.807) is 18.5 Å². The molecule has 2 saturated heterocycles. The summed E-state index contributed by atoms with van der Waals surface area (Å²) in [6, 6.07) is 1.76. The molecule has 0 unspecified atom stereocenters. The van der Waals surface area contributed by atoms with E-state index >= 15 is 0 Å². The fourth-order valence-corrected chi connectivity index (χ4v) is 4.14. The Morgan fingerprint density at radius 1 is 1.37 bits per heavy atom. The van der Waals surface area contributed by atoms with Crippen molar-refractivity contribution in [2.24, 2.45) is 18.9 Å². The molecule has 0 aromatic carbocycles. The largest absolute Gasteiger partial charge is 0.377 e. The van der Waals surface area contributed by atoms with Crippen LogP contribution in [0.1, 0.15) is 24.4 Å². The molecule has 0 radical (unpaired) electrons. The number of rotatable bonds is 6. The Hall–Kier alpha value is -2.32. The molecule has 4 rings (SSSR count). The lowest BCUT2D eigenvalue weighted by Gasteiger charge is -2.35. The zero-order chi connectivity index (χ0) is 18.6. The van der Waals surface area contributed by atoms with Crippen molar-refractivity contribution in [1.82, 2.24) is 29.7 Å². The number of hydrogen-bond acceptors (Lipinski definition) is 6. The molecular weight excluding hydrogens is 344 g/mol. The van der Waals surface area contributed by atoms with Crippen LogP contribution in [0.15, 0.2) is 31.0 Å². The lowest BCUT2D eigenvalue weighted by molar-refractivity contribution is -0.124. The third-order valence-corrected chi connectivity index (χ3v) is 5.63. The second-order valence-electron chi connectivity index (χ2n) is 7.46. The van der Waals surface area contributed by atoms with Crippen molar-refractivity contribution in [3.05, 3.63) is 42.5 Å². The lowest BCUT2D eigenvalue weighted by atomic mass is 9.83. The first-order chi connectivity index (χ1) is 13.2. The van der Waals surface area contributed by atoms with Crippen molar-refractivity contribution in [3.8, 4) is 0 Å². The van der Waals surface area contributed by atoms with Crippen LogP contribution in [0.5, 0.6) is 0 Å². The van der Waals surface area contributed by atoms with Gasteiger partial charge in [0.25, 0.3) is 0 Å². The van der Waals surface area contributed by atoms with E-state index in [4.69, 9.17) is 4.74 Å². The maximum absolute atomic E-state index is 12.3. The Balaban J connectivity index is 1.25. The number of fused-ring (bicyclic) bond motifs is 1. The van der Waals surface area contributed by atoms with E-state index in [2.05, 4.69) is 29.7 Å². The fourth-order valence-electron chi connectivity index (χ4n) is 4.14. The highest BCUT2D eigenvalue weighted by Crippen LogP contribution is 2.36. The number of piperidine rings is 1. The van der Waals surface area contributed by atoms with Crippen LogP contribution in [0.2, 0.25) is 0 Å². The molecule has 8 heteroatoms. The number of ether oxygens (including phenoxy) is 1. The zero-order valence-electron chi connectivity index (χ0n) is 15.6. The molecule has 27 heavy (non-hydrogen) atoms. The average Bonchev–Trinajstić information content (AvgIpc) is 3.27. The van der Waals surface area contributed by atoms with Gasteiger partial charge in [0.05, 0.1) is 37.7 Å². The second kappa shape index (κ2) is 8.14. The van der Waals surface area contributed by atoms with Crippen LogP contribution < -0.4 is 5.32 Å². The summed E-state index contributed by atoms with van der Waals surface area (Å²) in [7, 11) is 2.03. The van der Waals surface area contributed by atoms with Crippen molar-refractivity contribution >= 4 is 5.91 Å². The normalized spacial score (nSPS) is 25.3. The standard InChI is InChI=1S/C19H26N6O2/c1-24-13-20-8-15(24)11-25-6-3-16-14(10-25)12-27-17(16)7-19(26)23-9-18-21-4-2-5-22-18/h2,4-5,8,13-14,16-17H,3,6-7,9-12H2,1H3,(H,23,26)/t14-,16-,17+/m1/s1. The summed E-state index contributed by atoms with van der Waals surface area (Å²) in [5.41, 5.74) is 1.23. The molecule has 0 saturated carbocycles. The SMILES string of the molecule is Cn1cncc1CN1CC[C@@H]2[C@@H](CO[C@H]2CC(=O)NCc2ncccn2)C1. The van der Waals surface area contributed by atoms with Crippen LogP contribution in [0.3, 0.4) is 0 Å². The first-order valence-corrected chi connectivity index (χ1v) is 9.51. The summed E-state index contributed by atoms with van der Waals surface area (Å²) >= 11 is 0. The number of nitrogens with one attached hydrogen (secondary N) is 1. The number of nitrogens with zero attached hydrogens (tertiary/aromatic N) is 5. The Bertz CT molecular complexity index is 765. The molecule has 2 aromatic heterocycles. The molecule has 3 atom stereocenters. The zero-order valence-corrected chi connectivity index (χ0v) is 15.6. The Morgan fingerprint density at radius 3 is 3.00 bits per heavy atom.